The van der Waals surface area contributed by atoms with Gasteiger partial charge in [-0.1, -0.05) is 60.7 Å². The van der Waals surface area contributed by atoms with Crippen molar-refractivity contribution in [2.45, 2.75) is 24.8 Å². The van der Waals surface area contributed by atoms with Crippen molar-refractivity contribution in [2.24, 2.45) is 16.6 Å². The molecule has 0 atom stereocenters. The average Bonchev–Trinajstić information content (AvgIpc) is 3.16. The summed E-state index contributed by atoms with van der Waals surface area (Å²) in [6.07, 6.45) is 5.44. The molecule has 1 fully saturated rings. The Morgan fingerprint density at radius 3 is 2.06 bits per heavy atom. The minimum atomic E-state index is -1.17. The van der Waals surface area contributed by atoms with E-state index in [1.165, 1.54) is 0 Å². The summed E-state index contributed by atoms with van der Waals surface area (Å²) in [5, 5.41) is 0. The monoisotopic (exact) mass is 467 g/mol. The number of carbonyl (C=O) groups is 2. The molecule has 35 heavy (non-hydrogen) atoms. The Morgan fingerprint density at radius 1 is 0.914 bits per heavy atom. The predicted molar refractivity (Wildman–Crippen MR) is 134 cm³/mol. The van der Waals surface area contributed by atoms with Crippen LogP contribution in [0.2, 0.25) is 0 Å². The number of carbonyl (C=O) groups excluding carboxylic acids is 2. The van der Waals surface area contributed by atoms with Gasteiger partial charge in [0.05, 0.1) is 6.42 Å². The first kappa shape index (κ1) is 22.8. The van der Waals surface area contributed by atoms with Gasteiger partial charge in [0.25, 0.3) is 5.91 Å². The molecule has 2 amide bonds. The lowest BCUT2D eigenvalue weighted by Crippen LogP contribution is -2.48. The van der Waals surface area contributed by atoms with E-state index in [-0.39, 0.29) is 23.7 Å². The smallest absolute Gasteiger partial charge is 0.266 e. The summed E-state index contributed by atoms with van der Waals surface area (Å²) in [5.41, 5.74) is 7.79. The summed E-state index contributed by atoms with van der Waals surface area (Å²) >= 11 is 0. The van der Waals surface area contributed by atoms with Crippen LogP contribution in [-0.2, 0) is 21.5 Å². The molecule has 0 spiro atoms. The zero-order chi connectivity index (χ0) is 24.3. The Labute approximate surface area is 205 Å². The van der Waals surface area contributed by atoms with Crippen LogP contribution in [0.1, 0.15) is 29.5 Å². The zero-order valence-corrected chi connectivity index (χ0v) is 19.6. The summed E-state index contributed by atoms with van der Waals surface area (Å²) < 4.78 is 0. The molecule has 7 heteroatoms. The first-order valence-corrected chi connectivity index (χ1v) is 12.0. The number of aliphatic imine (C=N–C) groups is 1. The van der Waals surface area contributed by atoms with E-state index in [1.807, 2.05) is 77.7 Å². The first-order valence-electron chi connectivity index (χ1n) is 12.0. The van der Waals surface area contributed by atoms with Crippen LogP contribution in [-0.4, -0.2) is 52.2 Å². The maximum absolute atomic E-state index is 13.9. The van der Waals surface area contributed by atoms with E-state index < -0.39 is 5.54 Å². The molecule has 0 unspecified atom stereocenters. The van der Waals surface area contributed by atoms with E-state index >= 15 is 0 Å². The fraction of sp³-hybridized carbons (Fsp3) is 0.286. The molecule has 7 nitrogen and oxygen atoms in total. The maximum Gasteiger partial charge on any atom is 0.266 e. The van der Waals surface area contributed by atoms with Gasteiger partial charge in [0.15, 0.2) is 11.5 Å². The molecule has 0 bridgehead atoms. The highest BCUT2D eigenvalue weighted by molar-refractivity contribution is 6.09. The fourth-order valence-electron chi connectivity index (χ4n) is 5.07. The van der Waals surface area contributed by atoms with E-state index in [0.29, 0.717) is 26.1 Å². The Hall–Kier alpha value is -4.00. The lowest BCUT2D eigenvalue weighted by molar-refractivity contribution is -0.133. The second-order valence-electron chi connectivity index (χ2n) is 9.18. The summed E-state index contributed by atoms with van der Waals surface area (Å²) in [4.78, 5) is 39.0. The van der Waals surface area contributed by atoms with Crippen LogP contribution in [0.4, 0.5) is 0 Å². The molecule has 3 aromatic rings. The second-order valence-corrected chi connectivity index (χ2v) is 9.18. The van der Waals surface area contributed by atoms with Crippen molar-refractivity contribution in [3.05, 3.63) is 102 Å². The van der Waals surface area contributed by atoms with Gasteiger partial charge in [-0.3, -0.25) is 19.5 Å². The van der Waals surface area contributed by atoms with Gasteiger partial charge in [-0.05, 0) is 47.6 Å². The number of amides is 2. The number of rotatable bonds is 6. The van der Waals surface area contributed by atoms with Crippen molar-refractivity contribution in [3.8, 4) is 0 Å². The number of pyridine rings is 1. The Bertz CT molecular complexity index is 1170. The zero-order valence-electron chi connectivity index (χ0n) is 19.6. The molecule has 2 aliphatic heterocycles. The Kier molecular flexibility index (Phi) is 6.31. The molecule has 0 radical (unpaired) electrons. The molecule has 178 valence electrons. The molecule has 5 rings (SSSR count). The van der Waals surface area contributed by atoms with Gasteiger partial charge in [0.2, 0.25) is 5.91 Å². The summed E-state index contributed by atoms with van der Waals surface area (Å²) in [6.45, 7) is 1.86. The Balaban J connectivity index is 1.28. The molecule has 2 aliphatic rings. The minimum Gasteiger partial charge on any atom is -0.369 e. The van der Waals surface area contributed by atoms with Crippen LogP contribution in [0.15, 0.2) is 90.2 Å². The van der Waals surface area contributed by atoms with Gasteiger partial charge in [-0.2, -0.15) is 0 Å². The van der Waals surface area contributed by atoms with Crippen LogP contribution >= 0.6 is 0 Å². The minimum absolute atomic E-state index is 0.122. The first-order chi connectivity index (χ1) is 17.1. The van der Waals surface area contributed by atoms with Gasteiger partial charge < -0.3 is 10.6 Å². The standard InChI is InChI=1S/C28H29N5O2/c29-27-31-28(23-7-3-1-4-8-23,24-9-5-2-6-10-24)26(35)33(27)20-22-13-17-32(18-14-22)25(34)19-21-11-15-30-16-12-21/h1-12,15-16,22H,13-14,17-20H2,(H2,29,31). The van der Waals surface area contributed by atoms with E-state index in [4.69, 9.17) is 10.7 Å². The summed E-state index contributed by atoms with van der Waals surface area (Å²) in [7, 11) is 0. The highest BCUT2D eigenvalue weighted by Gasteiger charge is 2.50. The summed E-state index contributed by atoms with van der Waals surface area (Å²) in [5.74, 6) is 0.502. The molecule has 0 saturated carbocycles. The third kappa shape index (κ3) is 4.41. The molecular formula is C28H29N5O2. The molecule has 3 heterocycles. The van der Waals surface area contributed by atoms with Gasteiger partial charge in [0, 0.05) is 32.0 Å². The van der Waals surface area contributed by atoms with E-state index in [2.05, 4.69) is 4.98 Å². The van der Waals surface area contributed by atoms with Gasteiger partial charge in [0.1, 0.15) is 0 Å². The maximum atomic E-state index is 13.9. The Morgan fingerprint density at radius 2 is 1.49 bits per heavy atom. The van der Waals surface area contributed by atoms with Crippen molar-refractivity contribution in [3.63, 3.8) is 0 Å². The van der Waals surface area contributed by atoms with Crippen molar-refractivity contribution in [1.29, 1.82) is 0 Å². The average molecular weight is 468 g/mol. The van der Waals surface area contributed by atoms with Crippen molar-refractivity contribution in [1.82, 2.24) is 14.8 Å². The van der Waals surface area contributed by atoms with Crippen LogP contribution in [0.25, 0.3) is 0 Å². The molecule has 0 aliphatic carbocycles. The third-order valence-electron chi connectivity index (χ3n) is 7.01. The number of hydrogen-bond donors (Lipinski definition) is 1. The second kappa shape index (κ2) is 9.70. The molecular weight excluding hydrogens is 438 g/mol. The summed E-state index contributed by atoms with van der Waals surface area (Å²) in [6, 6.07) is 23.0. The SMILES string of the molecule is NC1=NC(c2ccccc2)(c2ccccc2)C(=O)N1CC1CCN(C(=O)Cc2ccncc2)CC1. The van der Waals surface area contributed by atoms with E-state index in [0.717, 1.165) is 29.5 Å². The molecule has 2 N–H and O–H groups in total. The predicted octanol–water partition coefficient (Wildman–Crippen LogP) is 2.96. The lowest BCUT2D eigenvalue weighted by atomic mass is 9.82. The van der Waals surface area contributed by atoms with Crippen molar-refractivity contribution < 1.29 is 9.59 Å². The topological polar surface area (TPSA) is 91.9 Å². The largest absolute Gasteiger partial charge is 0.369 e. The van der Waals surface area contributed by atoms with Crippen molar-refractivity contribution >= 4 is 17.8 Å². The number of piperidine rings is 1. The molecule has 2 aromatic carbocycles. The van der Waals surface area contributed by atoms with Crippen LogP contribution in [0, 0.1) is 5.92 Å². The number of nitrogens with two attached hydrogens (primary N) is 1. The number of benzene rings is 2. The third-order valence-corrected chi connectivity index (χ3v) is 7.01. The normalized spacial score (nSPS) is 17.9. The lowest BCUT2D eigenvalue weighted by Gasteiger charge is -2.34. The van der Waals surface area contributed by atoms with Crippen LogP contribution in [0.3, 0.4) is 0 Å². The number of aromatic nitrogens is 1. The van der Waals surface area contributed by atoms with Gasteiger partial charge in [-0.25, -0.2) is 4.99 Å². The van der Waals surface area contributed by atoms with Crippen molar-refractivity contribution in [2.75, 3.05) is 19.6 Å². The number of nitrogens with zero attached hydrogens (tertiary/aromatic N) is 4. The number of hydrogen-bond acceptors (Lipinski definition) is 5. The van der Waals surface area contributed by atoms with E-state index in [1.54, 1.807) is 17.3 Å². The van der Waals surface area contributed by atoms with Gasteiger partial charge >= 0.3 is 0 Å². The highest BCUT2D eigenvalue weighted by Crippen LogP contribution is 2.40. The fourth-order valence-corrected chi connectivity index (χ4v) is 5.07. The van der Waals surface area contributed by atoms with Crippen LogP contribution < -0.4 is 5.73 Å². The van der Waals surface area contributed by atoms with Crippen LogP contribution in [0.5, 0.6) is 0 Å². The molecule has 1 saturated heterocycles. The number of likely N-dealkylation sites (tertiary alicyclic amines) is 1. The van der Waals surface area contributed by atoms with E-state index in [9.17, 15) is 9.59 Å². The highest BCUT2D eigenvalue weighted by atomic mass is 16.2. The van der Waals surface area contributed by atoms with Gasteiger partial charge in [-0.15, -0.1) is 0 Å². The quantitative estimate of drug-likeness (QED) is 0.603. The molecule has 1 aromatic heterocycles. The number of guanidine groups is 1.